The summed E-state index contributed by atoms with van der Waals surface area (Å²) in [5.41, 5.74) is 0. The first-order valence-corrected chi connectivity index (χ1v) is 6.04. The lowest BCUT2D eigenvalue weighted by atomic mass is 10.1. The second-order valence-corrected chi connectivity index (χ2v) is 4.72. The van der Waals surface area contributed by atoms with Gasteiger partial charge in [-0.2, -0.15) is 0 Å². The number of carbonyl (C=O) groups excluding carboxylic acids is 1. The van der Waals surface area contributed by atoms with Gasteiger partial charge in [0, 0.05) is 19.6 Å². The number of carboxylic acid groups (broad SMARTS) is 1. The van der Waals surface area contributed by atoms with Crippen LogP contribution in [0.15, 0.2) is 0 Å². The molecular formula is C12H24N2O3. The van der Waals surface area contributed by atoms with Crippen molar-refractivity contribution < 1.29 is 14.7 Å². The molecule has 0 saturated carbocycles. The van der Waals surface area contributed by atoms with Gasteiger partial charge in [-0.25, -0.2) is 4.79 Å². The van der Waals surface area contributed by atoms with Gasteiger partial charge in [-0.15, -0.1) is 0 Å². The molecule has 2 atom stereocenters. The number of hydrogen-bond acceptors (Lipinski definition) is 2. The Morgan fingerprint density at radius 2 is 1.82 bits per heavy atom. The van der Waals surface area contributed by atoms with Crippen molar-refractivity contribution in [2.24, 2.45) is 11.8 Å². The SMILES string of the molecule is CCC(CNC(=O)N(C)C(C)C(C)C)C(=O)O. The third-order valence-corrected chi connectivity index (χ3v) is 3.24. The summed E-state index contributed by atoms with van der Waals surface area (Å²) >= 11 is 0. The van der Waals surface area contributed by atoms with Gasteiger partial charge >= 0.3 is 12.0 Å². The van der Waals surface area contributed by atoms with Crippen molar-refractivity contribution in [3.8, 4) is 0 Å². The van der Waals surface area contributed by atoms with Gasteiger partial charge in [0.05, 0.1) is 5.92 Å². The molecule has 0 saturated heterocycles. The average Bonchev–Trinajstić information content (AvgIpc) is 2.26. The lowest BCUT2D eigenvalue weighted by molar-refractivity contribution is -0.141. The first-order valence-electron chi connectivity index (χ1n) is 6.04. The third kappa shape index (κ3) is 5.06. The van der Waals surface area contributed by atoms with Crippen molar-refractivity contribution in [2.45, 2.75) is 40.2 Å². The highest BCUT2D eigenvalue weighted by molar-refractivity contribution is 5.76. The molecule has 0 bridgehead atoms. The Morgan fingerprint density at radius 1 is 1.29 bits per heavy atom. The molecule has 2 amide bonds. The van der Waals surface area contributed by atoms with Gasteiger partial charge in [0.15, 0.2) is 0 Å². The van der Waals surface area contributed by atoms with Crippen LogP contribution in [0.2, 0.25) is 0 Å². The van der Waals surface area contributed by atoms with E-state index in [1.165, 1.54) is 0 Å². The number of hydrogen-bond donors (Lipinski definition) is 2. The molecule has 5 heteroatoms. The maximum atomic E-state index is 11.8. The van der Waals surface area contributed by atoms with Crippen molar-refractivity contribution in [1.82, 2.24) is 10.2 Å². The zero-order valence-electron chi connectivity index (χ0n) is 11.4. The molecule has 0 spiro atoms. The van der Waals surface area contributed by atoms with Gasteiger partial charge < -0.3 is 15.3 Å². The van der Waals surface area contributed by atoms with Gasteiger partial charge in [-0.3, -0.25) is 4.79 Å². The van der Waals surface area contributed by atoms with E-state index in [0.29, 0.717) is 12.3 Å². The molecule has 0 radical (unpaired) electrons. The van der Waals surface area contributed by atoms with Crippen LogP contribution < -0.4 is 5.32 Å². The van der Waals surface area contributed by atoms with Gasteiger partial charge in [-0.05, 0) is 19.3 Å². The zero-order valence-corrected chi connectivity index (χ0v) is 11.4. The Hall–Kier alpha value is -1.26. The van der Waals surface area contributed by atoms with Gasteiger partial charge in [0.1, 0.15) is 0 Å². The average molecular weight is 244 g/mol. The molecule has 0 rings (SSSR count). The Labute approximate surface area is 103 Å². The lowest BCUT2D eigenvalue weighted by Crippen LogP contribution is -2.46. The maximum Gasteiger partial charge on any atom is 0.317 e. The second-order valence-electron chi connectivity index (χ2n) is 4.72. The van der Waals surface area contributed by atoms with Crippen molar-refractivity contribution in [3.05, 3.63) is 0 Å². The molecule has 0 aliphatic rings. The summed E-state index contributed by atoms with van der Waals surface area (Å²) in [6.07, 6.45) is 0.513. The number of aliphatic carboxylic acids is 1. The largest absolute Gasteiger partial charge is 0.481 e. The zero-order chi connectivity index (χ0) is 13.6. The fraction of sp³-hybridized carbons (Fsp3) is 0.833. The highest BCUT2D eigenvalue weighted by Gasteiger charge is 2.21. The van der Waals surface area contributed by atoms with E-state index in [1.54, 1.807) is 18.9 Å². The summed E-state index contributed by atoms with van der Waals surface area (Å²) in [6.45, 7) is 8.03. The Balaban J connectivity index is 4.22. The second kappa shape index (κ2) is 7.14. The van der Waals surface area contributed by atoms with Crippen LogP contribution >= 0.6 is 0 Å². The first kappa shape index (κ1) is 15.7. The van der Waals surface area contributed by atoms with Crippen LogP contribution in [0.1, 0.15) is 34.1 Å². The summed E-state index contributed by atoms with van der Waals surface area (Å²) in [4.78, 5) is 24.2. The van der Waals surface area contributed by atoms with E-state index in [9.17, 15) is 9.59 Å². The number of urea groups is 1. The van der Waals surface area contributed by atoms with E-state index < -0.39 is 11.9 Å². The maximum absolute atomic E-state index is 11.8. The van der Waals surface area contributed by atoms with Crippen molar-refractivity contribution in [1.29, 1.82) is 0 Å². The van der Waals surface area contributed by atoms with E-state index in [1.807, 2.05) is 20.8 Å². The highest BCUT2D eigenvalue weighted by atomic mass is 16.4. The molecule has 0 aromatic heterocycles. The topological polar surface area (TPSA) is 69.6 Å². The van der Waals surface area contributed by atoms with Gasteiger partial charge in [-0.1, -0.05) is 20.8 Å². The fourth-order valence-corrected chi connectivity index (χ4v) is 1.37. The molecule has 0 aromatic carbocycles. The van der Waals surface area contributed by atoms with Crippen LogP contribution in [0.4, 0.5) is 4.79 Å². The predicted molar refractivity (Wildman–Crippen MR) is 66.9 cm³/mol. The summed E-state index contributed by atoms with van der Waals surface area (Å²) < 4.78 is 0. The molecule has 0 aliphatic carbocycles. The van der Waals surface area contributed by atoms with Crippen LogP contribution in [-0.4, -0.2) is 41.6 Å². The van der Waals surface area contributed by atoms with Gasteiger partial charge in [0.2, 0.25) is 0 Å². The Kier molecular flexibility index (Phi) is 6.61. The van der Waals surface area contributed by atoms with Crippen LogP contribution in [0.25, 0.3) is 0 Å². The highest BCUT2D eigenvalue weighted by Crippen LogP contribution is 2.08. The van der Waals surface area contributed by atoms with E-state index in [2.05, 4.69) is 5.32 Å². The molecule has 17 heavy (non-hydrogen) atoms. The van der Waals surface area contributed by atoms with E-state index in [-0.39, 0.29) is 18.6 Å². The molecule has 0 aromatic rings. The van der Waals surface area contributed by atoms with Crippen LogP contribution in [0.3, 0.4) is 0 Å². The van der Waals surface area contributed by atoms with Crippen LogP contribution in [0.5, 0.6) is 0 Å². The number of carboxylic acids is 1. The number of amides is 2. The Morgan fingerprint density at radius 3 is 2.18 bits per heavy atom. The van der Waals surface area contributed by atoms with E-state index >= 15 is 0 Å². The quantitative estimate of drug-likeness (QED) is 0.748. The number of rotatable bonds is 6. The standard InChI is InChI=1S/C12H24N2O3/c1-6-10(11(15)16)7-13-12(17)14(5)9(4)8(2)3/h8-10H,6-7H2,1-5H3,(H,13,17)(H,15,16). The molecule has 0 fully saturated rings. The predicted octanol–water partition coefficient (Wildman–Crippen LogP) is 1.78. The molecule has 2 N–H and O–H groups in total. The summed E-state index contributed by atoms with van der Waals surface area (Å²) in [5.74, 6) is -1.01. The normalized spacial score (nSPS) is 14.2. The molecule has 100 valence electrons. The summed E-state index contributed by atoms with van der Waals surface area (Å²) in [5, 5.41) is 11.5. The third-order valence-electron chi connectivity index (χ3n) is 3.24. The minimum absolute atomic E-state index is 0.125. The van der Waals surface area contributed by atoms with Crippen molar-refractivity contribution in [2.75, 3.05) is 13.6 Å². The van der Waals surface area contributed by atoms with Crippen LogP contribution in [0, 0.1) is 11.8 Å². The number of nitrogens with zero attached hydrogens (tertiary/aromatic N) is 1. The minimum Gasteiger partial charge on any atom is -0.481 e. The number of carbonyl (C=O) groups is 2. The molecule has 5 nitrogen and oxygen atoms in total. The lowest BCUT2D eigenvalue weighted by Gasteiger charge is -2.28. The van der Waals surface area contributed by atoms with E-state index in [0.717, 1.165) is 0 Å². The molecule has 0 heterocycles. The fourth-order valence-electron chi connectivity index (χ4n) is 1.37. The first-order chi connectivity index (χ1) is 7.81. The summed E-state index contributed by atoms with van der Waals surface area (Å²) in [6, 6.07) is -0.0918. The van der Waals surface area contributed by atoms with Crippen molar-refractivity contribution in [3.63, 3.8) is 0 Å². The van der Waals surface area contributed by atoms with Gasteiger partial charge in [0.25, 0.3) is 0 Å². The monoisotopic (exact) mass is 244 g/mol. The molecule has 2 unspecified atom stereocenters. The van der Waals surface area contributed by atoms with Crippen LogP contribution in [-0.2, 0) is 4.79 Å². The van der Waals surface area contributed by atoms with Crippen molar-refractivity contribution >= 4 is 12.0 Å². The Bertz CT molecular complexity index is 266. The summed E-state index contributed by atoms with van der Waals surface area (Å²) in [7, 11) is 1.72. The number of nitrogens with one attached hydrogen (secondary N) is 1. The minimum atomic E-state index is -0.868. The smallest absolute Gasteiger partial charge is 0.317 e. The molecular weight excluding hydrogens is 220 g/mol. The van der Waals surface area contributed by atoms with E-state index in [4.69, 9.17) is 5.11 Å². The molecule has 0 aliphatic heterocycles.